The lowest BCUT2D eigenvalue weighted by atomic mass is 10.1. The minimum atomic E-state index is 0. The van der Waals surface area contributed by atoms with Gasteiger partial charge in [0.1, 0.15) is 12.4 Å². The van der Waals surface area contributed by atoms with E-state index in [9.17, 15) is 4.79 Å². The fourth-order valence-electron chi connectivity index (χ4n) is 3.14. The van der Waals surface area contributed by atoms with Gasteiger partial charge in [-0.25, -0.2) is 0 Å². The average Bonchev–Trinajstić information content (AvgIpc) is 3.09. The Labute approximate surface area is 155 Å². The maximum Gasteiger partial charge on any atom is 0.254 e. The highest BCUT2D eigenvalue weighted by atomic mass is 35.5. The minimum absolute atomic E-state index is 0. The van der Waals surface area contributed by atoms with Crippen LogP contribution in [0.2, 0.25) is 0 Å². The van der Waals surface area contributed by atoms with Crippen LogP contribution in [0.1, 0.15) is 28.8 Å². The molecule has 1 heterocycles. The van der Waals surface area contributed by atoms with Gasteiger partial charge in [-0.1, -0.05) is 30.3 Å². The Morgan fingerprint density at radius 3 is 2.56 bits per heavy atom. The molecule has 1 unspecified atom stereocenters. The van der Waals surface area contributed by atoms with Crippen LogP contribution < -0.4 is 10.1 Å². The van der Waals surface area contributed by atoms with Crippen molar-refractivity contribution in [1.82, 2.24) is 10.2 Å². The van der Waals surface area contributed by atoms with E-state index in [1.807, 2.05) is 66.5 Å². The third-order valence-corrected chi connectivity index (χ3v) is 4.43. The SMILES string of the molecule is CNCC1CCCN1C(=O)c1ccc(COc2ccccc2)cc1.Cl. The van der Waals surface area contributed by atoms with E-state index in [2.05, 4.69) is 5.32 Å². The average molecular weight is 361 g/mol. The van der Waals surface area contributed by atoms with Crippen LogP contribution in [0.15, 0.2) is 54.6 Å². The summed E-state index contributed by atoms with van der Waals surface area (Å²) < 4.78 is 5.74. The number of carbonyl (C=O) groups excluding carboxylic acids is 1. The van der Waals surface area contributed by atoms with Crippen LogP contribution in [0.4, 0.5) is 0 Å². The molecule has 3 rings (SSSR count). The van der Waals surface area contributed by atoms with E-state index in [1.54, 1.807) is 0 Å². The normalized spacial score (nSPS) is 16.4. The Hall–Kier alpha value is -2.04. The molecule has 1 aliphatic rings. The number of benzene rings is 2. The van der Waals surface area contributed by atoms with Gasteiger partial charge in [0.25, 0.3) is 5.91 Å². The van der Waals surface area contributed by atoms with Crippen LogP contribution in [-0.2, 0) is 6.61 Å². The summed E-state index contributed by atoms with van der Waals surface area (Å²) in [6, 6.07) is 17.8. The number of hydrogen-bond acceptors (Lipinski definition) is 3. The maximum atomic E-state index is 12.7. The molecule has 1 N–H and O–H groups in total. The largest absolute Gasteiger partial charge is 0.489 e. The van der Waals surface area contributed by atoms with Crippen molar-refractivity contribution >= 4 is 18.3 Å². The van der Waals surface area contributed by atoms with E-state index >= 15 is 0 Å². The molecule has 1 saturated heterocycles. The number of nitrogens with zero attached hydrogens (tertiary/aromatic N) is 1. The zero-order valence-corrected chi connectivity index (χ0v) is 15.3. The molecule has 134 valence electrons. The zero-order valence-electron chi connectivity index (χ0n) is 14.5. The van der Waals surface area contributed by atoms with E-state index in [0.29, 0.717) is 12.6 Å². The van der Waals surface area contributed by atoms with Crippen LogP contribution in [0, 0.1) is 0 Å². The number of rotatable bonds is 6. The number of carbonyl (C=O) groups is 1. The smallest absolute Gasteiger partial charge is 0.254 e. The van der Waals surface area contributed by atoms with Crippen LogP contribution >= 0.6 is 12.4 Å². The molecule has 0 spiro atoms. The first kappa shape index (κ1) is 19.3. The predicted octanol–water partition coefficient (Wildman–Crippen LogP) is 3.51. The third kappa shape index (κ3) is 4.97. The number of nitrogens with one attached hydrogen (secondary N) is 1. The van der Waals surface area contributed by atoms with Gasteiger partial charge in [0.2, 0.25) is 0 Å². The fraction of sp³-hybridized carbons (Fsp3) is 0.350. The molecule has 2 aromatic rings. The van der Waals surface area contributed by atoms with Gasteiger partial charge >= 0.3 is 0 Å². The van der Waals surface area contributed by atoms with Gasteiger partial charge in [-0.15, -0.1) is 12.4 Å². The van der Waals surface area contributed by atoms with E-state index in [-0.39, 0.29) is 18.3 Å². The summed E-state index contributed by atoms with van der Waals surface area (Å²) >= 11 is 0. The number of likely N-dealkylation sites (N-methyl/N-ethyl adjacent to an activating group) is 1. The molecule has 0 saturated carbocycles. The van der Waals surface area contributed by atoms with Crippen LogP contribution in [-0.4, -0.2) is 37.0 Å². The van der Waals surface area contributed by atoms with Gasteiger partial charge in [-0.05, 0) is 49.7 Å². The van der Waals surface area contributed by atoms with Crippen molar-refractivity contribution in [1.29, 1.82) is 0 Å². The summed E-state index contributed by atoms with van der Waals surface area (Å²) in [4.78, 5) is 14.7. The summed E-state index contributed by atoms with van der Waals surface area (Å²) in [5.41, 5.74) is 1.81. The van der Waals surface area contributed by atoms with E-state index < -0.39 is 0 Å². The highest BCUT2D eigenvalue weighted by Gasteiger charge is 2.28. The van der Waals surface area contributed by atoms with Gasteiger partial charge in [-0.3, -0.25) is 4.79 Å². The number of likely N-dealkylation sites (tertiary alicyclic amines) is 1. The highest BCUT2D eigenvalue weighted by molar-refractivity contribution is 5.94. The summed E-state index contributed by atoms with van der Waals surface area (Å²) in [6.07, 6.45) is 2.16. The van der Waals surface area contributed by atoms with Gasteiger partial charge < -0.3 is 15.0 Å². The summed E-state index contributed by atoms with van der Waals surface area (Å²) in [5, 5.41) is 3.18. The molecule has 0 bridgehead atoms. The lowest BCUT2D eigenvalue weighted by molar-refractivity contribution is 0.0737. The van der Waals surface area contributed by atoms with Gasteiger partial charge in [0.15, 0.2) is 0 Å². The molecule has 1 atom stereocenters. The molecule has 0 radical (unpaired) electrons. The molecule has 4 nitrogen and oxygen atoms in total. The molecule has 1 amide bonds. The van der Waals surface area contributed by atoms with Crippen molar-refractivity contribution in [2.75, 3.05) is 20.1 Å². The van der Waals surface area contributed by atoms with E-state index in [1.165, 1.54) is 0 Å². The molecular formula is C20H25ClN2O2. The minimum Gasteiger partial charge on any atom is -0.489 e. The van der Waals surface area contributed by atoms with Crippen molar-refractivity contribution < 1.29 is 9.53 Å². The number of hydrogen-bond donors (Lipinski definition) is 1. The van der Waals surface area contributed by atoms with Crippen molar-refractivity contribution in [2.24, 2.45) is 0 Å². The molecule has 25 heavy (non-hydrogen) atoms. The first-order valence-corrected chi connectivity index (χ1v) is 8.50. The number of halogens is 1. The first-order chi connectivity index (χ1) is 11.8. The number of amides is 1. The Bertz CT molecular complexity index is 661. The van der Waals surface area contributed by atoms with Gasteiger partial charge in [-0.2, -0.15) is 0 Å². The molecule has 1 aliphatic heterocycles. The van der Waals surface area contributed by atoms with Crippen LogP contribution in [0.25, 0.3) is 0 Å². The zero-order chi connectivity index (χ0) is 16.8. The Balaban J connectivity index is 0.00000225. The highest BCUT2D eigenvalue weighted by Crippen LogP contribution is 2.20. The van der Waals surface area contributed by atoms with Crippen LogP contribution in [0.3, 0.4) is 0 Å². The summed E-state index contributed by atoms with van der Waals surface area (Å²) in [5.74, 6) is 0.980. The fourth-order valence-corrected chi connectivity index (χ4v) is 3.14. The second kappa shape index (κ2) is 9.44. The van der Waals surface area contributed by atoms with Gasteiger partial charge in [0.05, 0.1) is 0 Å². The lowest BCUT2D eigenvalue weighted by Gasteiger charge is -2.24. The van der Waals surface area contributed by atoms with Gasteiger partial charge in [0, 0.05) is 24.7 Å². The second-order valence-corrected chi connectivity index (χ2v) is 6.15. The summed E-state index contributed by atoms with van der Waals surface area (Å²) in [7, 11) is 1.93. The number of ether oxygens (including phenoxy) is 1. The molecular weight excluding hydrogens is 336 g/mol. The molecule has 0 aromatic heterocycles. The Morgan fingerprint density at radius 1 is 1.16 bits per heavy atom. The summed E-state index contributed by atoms with van der Waals surface area (Å²) in [6.45, 7) is 2.21. The molecule has 1 fully saturated rings. The standard InChI is InChI=1S/C20H24N2O2.ClH/c1-21-14-18-6-5-13-22(18)20(23)17-11-9-16(10-12-17)15-24-19-7-3-2-4-8-19;/h2-4,7-12,18,21H,5-6,13-15H2,1H3;1H. The molecule has 2 aromatic carbocycles. The number of para-hydroxylation sites is 1. The van der Waals surface area contributed by atoms with Crippen molar-refractivity contribution in [3.05, 3.63) is 65.7 Å². The van der Waals surface area contributed by atoms with E-state index in [0.717, 1.165) is 42.8 Å². The second-order valence-electron chi connectivity index (χ2n) is 6.15. The monoisotopic (exact) mass is 360 g/mol. The lowest BCUT2D eigenvalue weighted by Crippen LogP contribution is -2.40. The van der Waals surface area contributed by atoms with Crippen molar-refractivity contribution in [3.8, 4) is 5.75 Å². The van der Waals surface area contributed by atoms with Crippen molar-refractivity contribution in [3.63, 3.8) is 0 Å². The predicted molar refractivity (Wildman–Crippen MR) is 102 cm³/mol. The Kier molecular flexibility index (Phi) is 7.29. The molecule has 0 aliphatic carbocycles. The third-order valence-electron chi connectivity index (χ3n) is 4.43. The molecule has 5 heteroatoms. The quantitative estimate of drug-likeness (QED) is 0.857. The topological polar surface area (TPSA) is 41.6 Å². The van der Waals surface area contributed by atoms with E-state index in [4.69, 9.17) is 4.74 Å². The Morgan fingerprint density at radius 2 is 1.88 bits per heavy atom. The maximum absolute atomic E-state index is 12.7. The first-order valence-electron chi connectivity index (χ1n) is 8.50. The van der Waals surface area contributed by atoms with Crippen LogP contribution in [0.5, 0.6) is 5.75 Å². The van der Waals surface area contributed by atoms with Crippen molar-refractivity contribution in [2.45, 2.75) is 25.5 Å².